The summed E-state index contributed by atoms with van der Waals surface area (Å²) in [6.45, 7) is 4.75. The highest BCUT2D eigenvalue weighted by Crippen LogP contribution is 2.33. The van der Waals surface area contributed by atoms with Gasteiger partial charge in [0, 0.05) is 0 Å². The molecule has 0 aliphatic carbocycles. The zero-order chi connectivity index (χ0) is 14.8. The molecule has 1 aromatic carbocycles. The van der Waals surface area contributed by atoms with E-state index in [0.29, 0.717) is 5.56 Å². The van der Waals surface area contributed by atoms with E-state index in [4.69, 9.17) is 5.11 Å². The van der Waals surface area contributed by atoms with E-state index < -0.39 is 34.6 Å². The van der Waals surface area contributed by atoms with Crippen LogP contribution >= 0.6 is 0 Å². The van der Waals surface area contributed by atoms with Crippen molar-refractivity contribution in [2.75, 3.05) is 0 Å². The molecule has 0 aromatic heterocycles. The van der Waals surface area contributed by atoms with E-state index in [1.165, 1.54) is 0 Å². The molecule has 104 valence electrons. The molecule has 1 rings (SSSR count). The van der Waals surface area contributed by atoms with Gasteiger partial charge in [-0.1, -0.05) is 20.8 Å². The number of benzene rings is 1. The molecule has 0 saturated heterocycles. The maximum Gasteiger partial charge on any atom is 0.506 e. The number of rotatable bonds is 3. The van der Waals surface area contributed by atoms with Crippen LogP contribution in [0.4, 0.5) is 14.9 Å². The van der Waals surface area contributed by atoms with Crippen molar-refractivity contribution in [2.45, 2.75) is 32.8 Å². The number of carboxylic acid groups (broad SMARTS) is 1. The van der Waals surface area contributed by atoms with Gasteiger partial charge < -0.3 is 9.84 Å². The average Bonchev–Trinajstić information content (AvgIpc) is 2.24. The second-order valence-electron chi connectivity index (χ2n) is 5.01. The minimum Gasteiger partial charge on any atom is -0.450 e. The van der Waals surface area contributed by atoms with Gasteiger partial charge in [-0.05, 0) is 17.0 Å². The van der Waals surface area contributed by atoms with Crippen LogP contribution < -0.4 is 0 Å². The van der Waals surface area contributed by atoms with Gasteiger partial charge in [-0.2, -0.15) is 0 Å². The molecule has 1 N–H and O–H groups in total. The standard InChI is InChI=1S/C12H14FNO5/c1-12(2,3)9-4-7(13)5-10(14(17)18)8(9)6-19-11(15)16/h4-5H,6H2,1-3H3,(H,15,16). The summed E-state index contributed by atoms with van der Waals surface area (Å²) >= 11 is 0. The molecule has 1 aromatic rings. The van der Waals surface area contributed by atoms with Gasteiger partial charge in [0.2, 0.25) is 0 Å². The molecule has 0 saturated carbocycles. The Balaban J connectivity index is 3.43. The van der Waals surface area contributed by atoms with Crippen molar-refractivity contribution in [3.63, 3.8) is 0 Å². The Morgan fingerprint density at radius 2 is 2.05 bits per heavy atom. The van der Waals surface area contributed by atoms with Crippen LogP contribution in [0.25, 0.3) is 0 Å². The zero-order valence-corrected chi connectivity index (χ0v) is 10.8. The lowest BCUT2D eigenvalue weighted by Crippen LogP contribution is -2.17. The molecule has 0 amide bonds. The van der Waals surface area contributed by atoms with Crippen LogP contribution in [-0.2, 0) is 16.8 Å². The van der Waals surface area contributed by atoms with Crippen LogP contribution in [0.2, 0.25) is 0 Å². The molecular weight excluding hydrogens is 257 g/mol. The van der Waals surface area contributed by atoms with Gasteiger partial charge in [0.25, 0.3) is 5.69 Å². The Kier molecular flexibility index (Phi) is 4.08. The molecule has 0 radical (unpaired) electrons. The second-order valence-corrected chi connectivity index (χ2v) is 5.01. The van der Waals surface area contributed by atoms with E-state index in [-0.39, 0.29) is 5.56 Å². The van der Waals surface area contributed by atoms with Crippen LogP contribution in [0.5, 0.6) is 0 Å². The summed E-state index contributed by atoms with van der Waals surface area (Å²) in [6.07, 6.45) is -1.54. The van der Waals surface area contributed by atoms with Crippen molar-refractivity contribution in [1.82, 2.24) is 0 Å². The molecule has 7 heteroatoms. The van der Waals surface area contributed by atoms with Gasteiger partial charge >= 0.3 is 6.16 Å². The highest BCUT2D eigenvalue weighted by molar-refractivity contribution is 5.58. The van der Waals surface area contributed by atoms with Crippen LogP contribution in [0.1, 0.15) is 31.9 Å². The molecule has 0 spiro atoms. The third-order valence-corrected chi connectivity index (χ3v) is 2.54. The number of nitrogens with zero attached hydrogens (tertiary/aromatic N) is 1. The predicted molar refractivity (Wildman–Crippen MR) is 64.6 cm³/mol. The van der Waals surface area contributed by atoms with E-state index in [2.05, 4.69) is 4.74 Å². The van der Waals surface area contributed by atoms with Crippen LogP contribution in [-0.4, -0.2) is 16.2 Å². The predicted octanol–water partition coefficient (Wildman–Crippen LogP) is 3.23. The van der Waals surface area contributed by atoms with E-state index in [0.717, 1.165) is 12.1 Å². The fourth-order valence-electron chi connectivity index (χ4n) is 1.74. The Labute approximate surface area is 109 Å². The number of nitro groups is 1. The Bertz CT molecular complexity index is 522. The van der Waals surface area contributed by atoms with Crippen LogP contribution in [0.3, 0.4) is 0 Å². The summed E-state index contributed by atoms with van der Waals surface area (Å²) in [7, 11) is 0. The van der Waals surface area contributed by atoms with E-state index in [1.54, 1.807) is 20.8 Å². The zero-order valence-electron chi connectivity index (χ0n) is 10.8. The lowest BCUT2D eigenvalue weighted by atomic mass is 9.83. The molecule has 0 unspecified atom stereocenters. The maximum atomic E-state index is 13.4. The lowest BCUT2D eigenvalue weighted by Gasteiger charge is -2.22. The number of carbonyl (C=O) groups is 1. The fraction of sp³-hybridized carbons (Fsp3) is 0.417. The summed E-state index contributed by atoms with van der Waals surface area (Å²) in [6, 6.07) is 1.92. The first-order chi connectivity index (χ1) is 8.62. The van der Waals surface area contributed by atoms with Gasteiger partial charge in [0.1, 0.15) is 12.4 Å². The largest absolute Gasteiger partial charge is 0.506 e. The van der Waals surface area contributed by atoms with E-state index >= 15 is 0 Å². The third kappa shape index (κ3) is 3.64. The molecule has 19 heavy (non-hydrogen) atoms. The fourth-order valence-corrected chi connectivity index (χ4v) is 1.74. The highest BCUT2D eigenvalue weighted by Gasteiger charge is 2.27. The summed E-state index contributed by atoms with van der Waals surface area (Å²) in [5.41, 5.74) is -0.641. The van der Waals surface area contributed by atoms with Crippen molar-refractivity contribution in [3.8, 4) is 0 Å². The first-order valence-corrected chi connectivity index (χ1v) is 5.46. The summed E-state index contributed by atoms with van der Waals surface area (Å²) in [5.74, 6) is -0.740. The molecule has 0 heterocycles. The van der Waals surface area contributed by atoms with Crippen molar-refractivity contribution >= 4 is 11.8 Å². The van der Waals surface area contributed by atoms with Gasteiger partial charge in [-0.25, -0.2) is 9.18 Å². The maximum absolute atomic E-state index is 13.4. The van der Waals surface area contributed by atoms with Crippen molar-refractivity contribution < 1.29 is 24.0 Å². The summed E-state index contributed by atoms with van der Waals surface area (Å²) in [5, 5.41) is 19.4. The SMILES string of the molecule is CC(C)(C)c1cc(F)cc([N+](=O)[O-])c1COC(=O)O. The number of hydrogen-bond acceptors (Lipinski definition) is 4. The summed E-state index contributed by atoms with van der Waals surface area (Å²) in [4.78, 5) is 20.6. The first-order valence-electron chi connectivity index (χ1n) is 5.46. The molecule has 0 bridgehead atoms. The Hall–Kier alpha value is -2.18. The highest BCUT2D eigenvalue weighted by atomic mass is 19.1. The van der Waals surface area contributed by atoms with Gasteiger partial charge in [0.05, 0.1) is 16.6 Å². The molecule has 0 aliphatic rings. The monoisotopic (exact) mass is 271 g/mol. The second kappa shape index (κ2) is 5.21. The van der Waals surface area contributed by atoms with Crippen molar-refractivity contribution in [1.29, 1.82) is 0 Å². The minimum atomic E-state index is -1.54. The lowest BCUT2D eigenvalue weighted by molar-refractivity contribution is -0.386. The van der Waals surface area contributed by atoms with Gasteiger partial charge in [-0.15, -0.1) is 0 Å². The van der Waals surface area contributed by atoms with Crippen molar-refractivity contribution in [3.05, 3.63) is 39.2 Å². The molecule has 0 fully saturated rings. The minimum absolute atomic E-state index is 0.0706. The van der Waals surface area contributed by atoms with Crippen molar-refractivity contribution in [2.24, 2.45) is 0 Å². The molecular formula is C12H14FNO5. The topological polar surface area (TPSA) is 89.7 Å². The molecule has 0 aliphatic heterocycles. The number of nitro benzene ring substituents is 1. The average molecular weight is 271 g/mol. The smallest absolute Gasteiger partial charge is 0.450 e. The van der Waals surface area contributed by atoms with E-state index in [1.807, 2.05) is 0 Å². The number of halogens is 1. The number of hydrogen-bond donors (Lipinski definition) is 1. The van der Waals surface area contributed by atoms with Crippen LogP contribution in [0, 0.1) is 15.9 Å². The van der Waals surface area contributed by atoms with Crippen LogP contribution in [0.15, 0.2) is 12.1 Å². The normalized spacial score (nSPS) is 11.2. The number of ether oxygens (including phenoxy) is 1. The Morgan fingerprint density at radius 3 is 2.47 bits per heavy atom. The Morgan fingerprint density at radius 1 is 1.47 bits per heavy atom. The van der Waals surface area contributed by atoms with Gasteiger partial charge in [-0.3, -0.25) is 10.1 Å². The quantitative estimate of drug-likeness (QED) is 0.518. The summed E-state index contributed by atoms with van der Waals surface area (Å²) < 4.78 is 17.8. The van der Waals surface area contributed by atoms with Gasteiger partial charge in [0.15, 0.2) is 0 Å². The van der Waals surface area contributed by atoms with E-state index in [9.17, 15) is 19.3 Å². The third-order valence-electron chi connectivity index (χ3n) is 2.54. The molecule has 6 nitrogen and oxygen atoms in total. The molecule has 0 atom stereocenters. The first kappa shape index (κ1) is 14.9.